The van der Waals surface area contributed by atoms with Crippen LogP contribution in [-0.2, 0) is 0 Å². The predicted octanol–water partition coefficient (Wildman–Crippen LogP) is 1.13. The van der Waals surface area contributed by atoms with Crippen LogP contribution in [0.3, 0.4) is 0 Å². The van der Waals surface area contributed by atoms with Gasteiger partial charge in [-0.15, -0.1) is 0 Å². The first-order valence-electron chi connectivity index (χ1n) is 6.39. The molecule has 0 aliphatic rings. The molecule has 0 saturated carbocycles. The number of anilines is 1. The van der Waals surface area contributed by atoms with Gasteiger partial charge in [-0.2, -0.15) is 0 Å². The summed E-state index contributed by atoms with van der Waals surface area (Å²) in [7, 11) is 0. The highest BCUT2D eigenvalue weighted by molar-refractivity contribution is 5.92. The third-order valence-corrected chi connectivity index (χ3v) is 2.72. The van der Waals surface area contributed by atoms with E-state index < -0.39 is 0 Å². The van der Waals surface area contributed by atoms with Gasteiger partial charge in [0.25, 0.3) is 5.91 Å². The summed E-state index contributed by atoms with van der Waals surface area (Å²) >= 11 is 0. The Morgan fingerprint density at radius 1 is 1.44 bits per heavy atom. The summed E-state index contributed by atoms with van der Waals surface area (Å²) in [6.07, 6.45) is 2.66. The molecule has 0 saturated heterocycles. The first kappa shape index (κ1) is 14.4. The smallest absolute Gasteiger partial charge is 0.269 e. The van der Waals surface area contributed by atoms with Gasteiger partial charge in [-0.3, -0.25) is 9.78 Å². The van der Waals surface area contributed by atoms with E-state index in [2.05, 4.69) is 29.0 Å². The zero-order chi connectivity index (χ0) is 13.4. The highest BCUT2D eigenvalue weighted by Gasteiger charge is 2.07. The van der Waals surface area contributed by atoms with Gasteiger partial charge in [-0.25, -0.2) is 0 Å². The van der Waals surface area contributed by atoms with Crippen LogP contribution >= 0.6 is 0 Å². The van der Waals surface area contributed by atoms with Crippen LogP contribution in [0.5, 0.6) is 0 Å². The molecule has 100 valence electrons. The molecule has 0 aliphatic heterocycles. The van der Waals surface area contributed by atoms with E-state index >= 15 is 0 Å². The van der Waals surface area contributed by atoms with Crippen LogP contribution in [0.2, 0.25) is 0 Å². The van der Waals surface area contributed by atoms with Crippen molar-refractivity contribution in [2.75, 3.05) is 31.9 Å². The molecule has 5 heteroatoms. The molecule has 0 spiro atoms. The molecule has 0 atom stereocenters. The number of nitrogens with two attached hydrogens (primary N) is 1. The number of likely N-dealkylation sites (N-methyl/N-ethyl adjacent to an activating group) is 1. The summed E-state index contributed by atoms with van der Waals surface area (Å²) in [5, 5.41) is 2.85. The Hall–Kier alpha value is -1.62. The number of amides is 1. The average molecular weight is 250 g/mol. The van der Waals surface area contributed by atoms with Crippen molar-refractivity contribution in [2.24, 2.45) is 0 Å². The highest BCUT2D eigenvalue weighted by Crippen LogP contribution is 2.02. The second kappa shape index (κ2) is 7.66. The normalized spacial score (nSPS) is 10.6. The Labute approximate surface area is 108 Å². The lowest BCUT2D eigenvalue weighted by molar-refractivity contribution is 0.0943. The Bertz CT molecular complexity index is 381. The van der Waals surface area contributed by atoms with E-state index in [1.165, 1.54) is 0 Å². The molecule has 0 fully saturated rings. The third-order valence-electron chi connectivity index (χ3n) is 2.72. The van der Waals surface area contributed by atoms with Crippen LogP contribution < -0.4 is 11.1 Å². The van der Waals surface area contributed by atoms with E-state index in [4.69, 9.17) is 5.73 Å². The standard InChI is InChI=1S/C13H22N4O/c1-3-8-17(4-2)9-7-16-13(18)12-10-11(14)5-6-15-12/h5-6,10H,3-4,7-9H2,1-2H3,(H2,14,15)(H,16,18). The summed E-state index contributed by atoms with van der Waals surface area (Å²) in [5.74, 6) is -0.171. The van der Waals surface area contributed by atoms with Crippen molar-refractivity contribution in [1.29, 1.82) is 0 Å². The van der Waals surface area contributed by atoms with Crippen molar-refractivity contribution in [1.82, 2.24) is 15.2 Å². The van der Waals surface area contributed by atoms with Crippen LogP contribution in [-0.4, -0.2) is 42.0 Å². The van der Waals surface area contributed by atoms with Gasteiger partial charge in [-0.1, -0.05) is 13.8 Å². The van der Waals surface area contributed by atoms with E-state index in [1.54, 1.807) is 18.3 Å². The van der Waals surface area contributed by atoms with E-state index in [1.807, 2.05) is 0 Å². The number of carbonyl (C=O) groups is 1. The van der Waals surface area contributed by atoms with Gasteiger partial charge in [0.05, 0.1) is 0 Å². The van der Waals surface area contributed by atoms with Crippen molar-refractivity contribution in [3.63, 3.8) is 0 Å². The maximum Gasteiger partial charge on any atom is 0.269 e. The molecule has 0 bridgehead atoms. The van der Waals surface area contributed by atoms with Gasteiger partial charge in [0.1, 0.15) is 5.69 Å². The molecular formula is C13H22N4O. The molecule has 0 aliphatic carbocycles. The van der Waals surface area contributed by atoms with Crippen molar-refractivity contribution in [3.8, 4) is 0 Å². The quantitative estimate of drug-likeness (QED) is 0.761. The predicted molar refractivity (Wildman–Crippen MR) is 73.4 cm³/mol. The van der Waals surface area contributed by atoms with Gasteiger partial charge < -0.3 is 16.0 Å². The van der Waals surface area contributed by atoms with Crippen LogP contribution in [0, 0.1) is 0 Å². The zero-order valence-electron chi connectivity index (χ0n) is 11.1. The van der Waals surface area contributed by atoms with Crippen LogP contribution in [0.25, 0.3) is 0 Å². The topological polar surface area (TPSA) is 71.2 Å². The number of nitrogen functional groups attached to an aromatic ring is 1. The number of hydrogen-bond donors (Lipinski definition) is 2. The highest BCUT2D eigenvalue weighted by atomic mass is 16.1. The molecule has 0 aromatic carbocycles. The fourth-order valence-corrected chi connectivity index (χ4v) is 1.73. The number of carbonyl (C=O) groups excluding carboxylic acids is 1. The zero-order valence-corrected chi connectivity index (χ0v) is 11.1. The summed E-state index contributed by atoms with van der Waals surface area (Å²) in [6, 6.07) is 3.25. The fourth-order valence-electron chi connectivity index (χ4n) is 1.73. The summed E-state index contributed by atoms with van der Waals surface area (Å²) < 4.78 is 0. The molecule has 0 unspecified atom stereocenters. The summed E-state index contributed by atoms with van der Waals surface area (Å²) in [6.45, 7) is 7.82. The molecule has 1 aromatic rings. The van der Waals surface area contributed by atoms with Gasteiger partial charge in [0, 0.05) is 25.0 Å². The summed E-state index contributed by atoms with van der Waals surface area (Å²) in [4.78, 5) is 18.1. The molecule has 1 rings (SSSR count). The van der Waals surface area contributed by atoms with Gasteiger partial charge >= 0.3 is 0 Å². The lowest BCUT2D eigenvalue weighted by Gasteiger charge is -2.19. The number of rotatable bonds is 7. The maximum atomic E-state index is 11.8. The minimum atomic E-state index is -0.171. The molecular weight excluding hydrogens is 228 g/mol. The van der Waals surface area contributed by atoms with Crippen LogP contribution in [0.4, 0.5) is 5.69 Å². The fraction of sp³-hybridized carbons (Fsp3) is 0.538. The van der Waals surface area contributed by atoms with Crippen LogP contribution in [0.15, 0.2) is 18.3 Å². The molecule has 3 N–H and O–H groups in total. The van der Waals surface area contributed by atoms with Gasteiger partial charge in [0.2, 0.25) is 0 Å². The SMILES string of the molecule is CCCN(CC)CCNC(=O)c1cc(N)ccn1. The van der Waals surface area contributed by atoms with Crippen molar-refractivity contribution in [2.45, 2.75) is 20.3 Å². The molecule has 0 radical (unpaired) electrons. The van der Waals surface area contributed by atoms with Gasteiger partial charge in [-0.05, 0) is 31.6 Å². The Kier molecular flexibility index (Phi) is 6.14. The first-order valence-corrected chi connectivity index (χ1v) is 6.39. The first-order chi connectivity index (χ1) is 8.67. The third kappa shape index (κ3) is 4.71. The number of hydrogen-bond acceptors (Lipinski definition) is 4. The number of aromatic nitrogens is 1. The Morgan fingerprint density at radius 2 is 2.22 bits per heavy atom. The maximum absolute atomic E-state index is 11.8. The van der Waals surface area contributed by atoms with Crippen molar-refractivity contribution >= 4 is 11.6 Å². The summed E-state index contributed by atoms with van der Waals surface area (Å²) in [5.41, 5.74) is 6.53. The molecule has 1 amide bonds. The number of pyridine rings is 1. The molecule has 1 aromatic heterocycles. The Morgan fingerprint density at radius 3 is 2.83 bits per heavy atom. The van der Waals surface area contributed by atoms with Crippen LogP contribution in [0.1, 0.15) is 30.8 Å². The lowest BCUT2D eigenvalue weighted by atomic mass is 10.3. The van der Waals surface area contributed by atoms with Gasteiger partial charge in [0.15, 0.2) is 0 Å². The number of nitrogens with one attached hydrogen (secondary N) is 1. The average Bonchev–Trinajstić information content (AvgIpc) is 2.37. The minimum absolute atomic E-state index is 0.171. The molecule has 1 heterocycles. The van der Waals surface area contributed by atoms with Crippen molar-refractivity contribution in [3.05, 3.63) is 24.0 Å². The van der Waals surface area contributed by atoms with Crippen molar-refractivity contribution < 1.29 is 4.79 Å². The Balaban J connectivity index is 2.37. The van der Waals surface area contributed by atoms with E-state index in [9.17, 15) is 4.79 Å². The minimum Gasteiger partial charge on any atom is -0.399 e. The molecule has 5 nitrogen and oxygen atoms in total. The largest absolute Gasteiger partial charge is 0.399 e. The van der Waals surface area contributed by atoms with E-state index in [-0.39, 0.29) is 5.91 Å². The van der Waals surface area contributed by atoms with E-state index in [0.29, 0.717) is 17.9 Å². The number of nitrogens with zero attached hydrogens (tertiary/aromatic N) is 2. The lowest BCUT2D eigenvalue weighted by Crippen LogP contribution is -2.35. The van der Waals surface area contributed by atoms with E-state index in [0.717, 1.165) is 26.1 Å². The second-order valence-corrected chi connectivity index (χ2v) is 4.16. The second-order valence-electron chi connectivity index (χ2n) is 4.16. The monoisotopic (exact) mass is 250 g/mol. The molecule has 18 heavy (non-hydrogen) atoms.